The monoisotopic (exact) mass is 506 g/mol. The second-order valence-electron chi connectivity index (χ2n) is 9.69. The molecular formula is C28H31ClN4O3. The lowest BCUT2D eigenvalue weighted by atomic mass is 9.84. The quantitative estimate of drug-likeness (QED) is 0.483. The lowest BCUT2D eigenvalue weighted by Gasteiger charge is -2.39. The lowest BCUT2D eigenvalue weighted by molar-refractivity contribution is 0.0412. The molecule has 1 aliphatic heterocycles. The smallest absolute Gasteiger partial charge is 0.410 e. The average Bonchev–Trinajstić information content (AvgIpc) is 2.91. The minimum absolute atomic E-state index is 0.0627. The predicted octanol–water partition coefficient (Wildman–Crippen LogP) is 5.25. The summed E-state index contributed by atoms with van der Waals surface area (Å²) in [5, 5.41) is 1.61. The Labute approximate surface area is 216 Å². The van der Waals surface area contributed by atoms with Crippen LogP contribution in [0.5, 0.6) is 0 Å². The van der Waals surface area contributed by atoms with Gasteiger partial charge in [-0.05, 0) is 62.4 Å². The first-order valence-electron chi connectivity index (χ1n) is 12.7. The van der Waals surface area contributed by atoms with Crippen molar-refractivity contribution >= 4 is 34.5 Å². The molecule has 1 fully saturated rings. The van der Waals surface area contributed by atoms with E-state index in [4.69, 9.17) is 21.3 Å². The fourth-order valence-corrected chi connectivity index (χ4v) is 5.62. The van der Waals surface area contributed by atoms with Gasteiger partial charge in [0.05, 0.1) is 17.1 Å². The maximum atomic E-state index is 13.4. The molecule has 5 rings (SSSR count). The molecule has 188 valence electrons. The number of carbonyl (C=O) groups is 2. The van der Waals surface area contributed by atoms with Gasteiger partial charge in [-0.2, -0.15) is 0 Å². The lowest BCUT2D eigenvalue weighted by Crippen LogP contribution is -2.55. The standard InChI is InChI=1S/C28H31ClN4O3/c1-3-14-36-28(35)33-13-12-32(17-18(33)2)27(34)20-8-10-22-25(16-20)31-24-15-19(7-9-21(24)26(22)29)23-6-4-5-11-30-23/h4-6,8,10-11,16,18-19H,3,7,9,12-15,17H2,1-2H3/t18-,19?/m0/s1. The number of amides is 2. The summed E-state index contributed by atoms with van der Waals surface area (Å²) < 4.78 is 5.28. The van der Waals surface area contributed by atoms with E-state index in [2.05, 4.69) is 11.1 Å². The number of aromatic nitrogens is 2. The molecular weight excluding hydrogens is 476 g/mol. The van der Waals surface area contributed by atoms with Gasteiger partial charge in [0.1, 0.15) is 0 Å². The van der Waals surface area contributed by atoms with Crippen molar-refractivity contribution in [2.75, 3.05) is 26.2 Å². The predicted molar refractivity (Wildman–Crippen MR) is 139 cm³/mol. The van der Waals surface area contributed by atoms with E-state index in [1.54, 1.807) is 9.80 Å². The van der Waals surface area contributed by atoms with E-state index in [9.17, 15) is 9.59 Å². The van der Waals surface area contributed by atoms with Crippen LogP contribution in [0.3, 0.4) is 0 Å². The summed E-state index contributed by atoms with van der Waals surface area (Å²) in [7, 11) is 0. The van der Waals surface area contributed by atoms with Gasteiger partial charge in [-0.15, -0.1) is 0 Å². The first-order chi connectivity index (χ1) is 17.5. The molecule has 1 unspecified atom stereocenters. The van der Waals surface area contributed by atoms with Crippen molar-refractivity contribution in [2.24, 2.45) is 0 Å². The van der Waals surface area contributed by atoms with Crippen molar-refractivity contribution in [3.05, 3.63) is 70.1 Å². The third-order valence-electron chi connectivity index (χ3n) is 7.22. The largest absolute Gasteiger partial charge is 0.449 e. The van der Waals surface area contributed by atoms with Crippen LogP contribution in [0, 0.1) is 0 Å². The van der Waals surface area contributed by atoms with Gasteiger partial charge in [0.2, 0.25) is 0 Å². The molecule has 1 saturated heterocycles. The Hall–Kier alpha value is -3.19. The number of benzene rings is 1. The number of rotatable bonds is 4. The number of fused-ring (bicyclic) bond motifs is 2. The molecule has 0 spiro atoms. The van der Waals surface area contributed by atoms with Gasteiger partial charge in [-0.3, -0.25) is 14.8 Å². The van der Waals surface area contributed by atoms with Gasteiger partial charge in [-0.1, -0.05) is 30.7 Å². The molecule has 1 aliphatic carbocycles. The minimum atomic E-state index is -0.310. The molecule has 0 saturated carbocycles. The molecule has 3 aromatic rings. The Morgan fingerprint density at radius 3 is 2.81 bits per heavy atom. The number of piperazine rings is 1. The summed E-state index contributed by atoms with van der Waals surface area (Å²) in [5.41, 5.74) is 4.50. The molecule has 0 N–H and O–H groups in total. The molecule has 2 aromatic heterocycles. The summed E-state index contributed by atoms with van der Waals surface area (Å²) in [5.74, 6) is 0.249. The molecule has 0 bridgehead atoms. The number of hydrogen-bond acceptors (Lipinski definition) is 5. The van der Waals surface area contributed by atoms with Crippen LogP contribution in [0.1, 0.15) is 59.9 Å². The maximum absolute atomic E-state index is 13.4. The number of carbonyl (C=O) groups excluding carboxylic acids is 2. The number of pyridine rings is 2. The third-order valence-corrected chi connectivity index (χ3v) is 7.65. The van der Waals surface area contributed by atoms with E-state index < -0.39 is 0 Å². The normalized spacial score (nSPS) is 19.8. The number of nitrogens with zero attached hydrogens (tertiary/aromatic N) is 4. The van der Waals surface area contributed by atoms with Crippen molar-refractivity contribution in [2.45, 2.75) is 51.5 Å². The minimum Gasteiger partial charge on any atom is -0.449 e. The molecule has 3 heterocycles. The summed E-state index contributed by atoms with van der Waals surface area (Å²) in [6.07, 6.45) is 4.94. The zero-order valence-electron chi connectivity index (χ0n) is 20.7. The summed E-state index contributed by atoms with van der Waals surface area (Å²) >= 11 is 6.83. The zero-order valence-corrected chi connectivity index (χ0v) is 21.5. The Morgan fingerprint density at radius 2 is 2.06 bits per heavy atom. The molecule has 8 heteroatoms. The van der Waals surface area contributed by atoms with Crippen LogP contribution < -0.4 is 0 Å². The molecule has 1 aromatic carbocycles. The van der Waals surface area contributed by atoms with Crippen molar-refractivity contribution in [3.63, 3.8) is 0 Å². The maximum Gasteiger partial charge on any atom is 0.410 e. The van der Waals surface area contributed by atoms with Crippen LogP contribution in [-0.4, -0.2) is 64.1 Å². The van der Waals surface area contributed by atoms with Gasteiger partial charge < -0.3 is 14.5 Å². The summed E-state index contributed by atoms with van der Waals surface area (Å²) in [6, 6.07) is 11.5. The second-order valence-corrected chi connectivity index (χ2v) is 10.1. The fraction of sp³-hybridized carbons (Fsp3) is 0.429. The SMILES string of the molecule is CCCOC(=O)N1CCN(C(=O)c2ccc3c(Cl)c4c(nc3c2)CC(c2ccccn2)CC4)C[C@@H]1C. The third kappa shape index (κ3) is 4.76. The average molecular weight is 507 g/mol. The molecule has 2 amide bonds. The second kappa shape index (κ2) is 10.4. The summed E-state index contributed by atoms with van der Waals surface area (Å²) in [6.45, 7) is 5.69. The van der Waals surface area contributed by atoms with E-state index in [1.165, 1.54) is 0 Å². The highest BCUT2D eigenvalue weighted by atomic mass is 35.5. The van der Waals surface area contributed by atoms with E-state index >= 15 is 0 Å². The van der Waals surface area contributed by atoms with Crippen LogP contribution in [0.15, 0.2) is 42.6 Å². The van der Waals surface area contributed by atoms with Crippen molar-refractivity contribution in [1.29, 1.82) is 0 Å². The first-order valence-corrected chi connectivity index (χ1v) is 13.1. The van der Waals surface area contributed by atoms with Crippen LogP contribution in [0.25, 0.3) is 10.9 Å². The van der Waals surface area contributed by atoms with Gasteiger partial charge in [0.15, 0.2) is 0 Å². The first kappa shape index (κ1) is 24.5. The molecule has 0 radical (unpaired) electrons. The molecule has 2 atom stereocenters. The van der Waals surface area contributed by atoms with Crippen LogP contribution in [0.4, 0.5) is 4.79 Å². The molecule has 36 heavy (non-hydrogen) atoms. The van der Waals surface area contributed by atoms with Crippen LogP contribution in [-0.2, 0) is 17.6 Å². The van der Waals surface area contributed by atoms with Gasteiger partial charge in [0.25, 0.3) is 5.91 Å². The number of hydrogen-bond donors (Lipinski definition) is 0. The highest BCUT2D eigenvalue weighted by Gasteiger charge is 2.31. The van der Waals surface area contributed by atoms with E-state index in [0.29, 0.717) is 37.7 Å². The fourth-order valence-electron chi connectivity index (χ4n) is 5.26. The van der Waals surface area contributed by atoms with E-state index in [1.807, 2.05) is 50.4 Å². The van der Waals surface area contributed by atoms with Gasteiger partial charge in [-0.25, -0.2) is 4.79 Å². The highest BCUT2D eigenvalue weighted by Crippen LogP contribution is 2.37. The number of ether oxygens (including phenoxy) is 1. The Kier molecular flexibility index (Phi) is 7.10. The zero-order chi connectivity index (χ0) is 25.2. The number of halogens is 1. The topological polar surface area (TPSA) is 75.6 Å². The van der Waals surface area contributed by atoms with Gasteiger partial charge in [0, 0.05) is 60.1 Å². The van der Waals surface area contributed by atoms with Crippen LogP contribution >= 0.6 is 11.6 Å². The van der Waals surface area contributed by atoms with Crippen LogP contribution in [0.2, 0.25) is 5.02 Å². The van der Waals surface area contributed by atoms with Crippen molar-refractivity contribution < 1.29 is 14.3 Å². The van der Waals surface area contributed by atoms with Crippen molar-refractivity contribution in [1.82, 2.24) is 19.8 Å². The Bertz CT molecular complexity index is 1280. The molecule has 7 nitrogen and oxygen atoms in total. The van der Waals surface area contributed by atoms with Gasteiger partial charge >= 0.3 is 6.09 Å². The highest BCUT2D eigenvalue weighted by molar-refractivity contribution is 6.36. The Morgan fingerprint density at radius 1 is 1.19 bits per heavy atom. The van der Waals surface area contributed by atoms with Crippen molar-refractivity contribution in [3.8, 4) is 0 Å². The van der Waals surface area contributed by atoms with E-state index in [0.717, 1.165) is 58.6 Å². The summed E-state index contributed by atoms with van der Waals surface area (Å²) in [4.78, 5) is 38.7. The Balaban J connectivity index is 1.35. The molecule has 2 aliphatic rings. The van der Waals surface area contributed by atoms with E-state index in [-0.39, 0.29) is 18.0 Å².